The quantitative estimate of drug-likeness (QED) is 0.756. The summed E-state index contributed by atoms with van der Waals surface area (Å²) in [6.45, 7) is 0. The fourth-order valence-corrected chi connectivity index (χ4v) is 2.33. The minimum absolute atomic E-state index is 0.0430. The predicted octanol–water partition coefficient (Wildman–Crippen LogP) is 4.41. The van der Waals surface area contributed by atoms with Crippen LogP contribution in [0.3, 0.4) is 0 Å². The molecule has 8 heteroatoms. The lowest BCUT2D eigenvalue weighted by atomic mass is 10.2. The molecule has 0 fully saturated rings. The molecule has 1 heterocycles. The fourth-order valence-electron chi connectivity index (χ4n) is 2.33. The molecule has 25 heavy (non-hydrogen) atoms. The summed E-state index contributed by atoms with van der Waals surface area (Å²) in [5.74, 6) is -0.191. The summed E-state index contributed by atoms with van der Waals surface area (Å²) >= 11 is 0. The molecule has 0 saturated heterocycles. The largest absolute Gasteiger partial charge is 0.497 e. The molecule has 1 aromatic heterocycles. The van der Waals surface area contributed by atoms with E-state index in [0.717, 1.165) is 0 Å². The average molecular weight is 349 g/mol. The molecule has 0 aliphatic rings. The summed E-state index contributed by atoms with van der Waals surface area (Å²) in [7, 11) is 2.97. The second-order valence-corrected chi connectivity index (χ2v) is 5.10. The van der Waals surface area contributed by atoms with Gasteiger partial charge in [-0.2, -0.15) is 13.2 Å². The molecule has 0 amide bonds. The highest BCUT2D eigenvalue weighted by Crippen LogP contribution is 2.35. The van der Waals surface area contributed by atoms with Crippen LogP contribution in [-0.2, 0) is 6.18 Å². The Bertz CT molecular complexity index is 913. The minimum Gasteiger partial charge on any atom is -0.497 e. The summed E-state index contributed by atoms with van der Waals surface area (Å²) in [6.07, 6.45) is -4.65. The van der Waals surface area contributed by atoms with Gasteiger partial charge >= 0.3 is 6.18 Å². The van der Waals surface area contributed by atoms with Crippen molar-refractivity contribution in [3.63, 3.8) is 0 Å². The number of aromatic nitrogens is 2. The molecule has 130 valence electrons. The van der Waals surface area contributed by atoms with Crippen molar-refractivity contribution in [2.45, 2.75) is 6.18 Å². The van der Waals surface area contributed by atoms with E-state index in [9.17, 15) is 13.2 Å². The van der Waals surface area contributed by atoms with Gasteiger partial charge in [-0.25, -0.2) is 9.97 Å². The first-order chi connectivity index (χ1) is 11.9. The van der Waals surface area contributed by atoms with Gasteiger partial charge in [0.2, 0.25) is 5.82 Å². The van der Waals surface area contributed by atoms with Crippen LogP contribution >= 0.6 is 0 Å². The van der Waals surface area contributed by atoms with Crippen LogP contribution in [0.25, 0.3) is 10.9 Å². The van der Waals surface area contributed by atoms with E-state index in [1.807, 2.05) is 0 Å². The highest BCUT2D eigenvalue weighted by Gasteiger charge is 2.35. The van der Waals surface area contributed by atoms with Gasteiger partial charge in [0, 0.05) is 11.5 Å². The number of methoxy groups -OCH3 is 2. The molecule has 0 atom stereocenters. The first kappa shape index (κ1) is 16.8. The van der Waals surface area contributed by atoms with Crippen molar-refractivity contribution < 1.29 is 22.6 Å². The zero-order chi connectivity index (χ0) is 18.0. The maximum atomic E-state index is 13.1. The maximum absolute atomic E-state index is 13.1. The number of hydrogen-bond acceptors (Lipinski definition) is 5. The number of benzene rings is 2. The zero-order valence-corrected chi connectivity index (χ0v) is 13.4. The first-order valence-corrected chi connectivity index (χ1v) is 7.25. The van der Waals surface area contributed by atoms with E-state index >= 15 is 0 Å². The van der Waals surface area contributed by atoms with Crippen molar-refractivity contribution in [3.05, 3.63) is 48.3 Å². The van der Waals surface area contributed by atoms with Crippen LogP contribution in [0.4, 0.5) is 24.7 Å². The second kappa shape index (κ2) is 6.46. The van der Waals surface area contributed by atoms with Gasteiger partial charge in [0.25, 0.3) is 0 Å². The van der Waals surface area contributed by atoms with Crippen LogP contribution in [0, 0.1) is 0 Å². The summed E-state index contributed by atoms with van der Waals surface area (Å²) in [5, 5.41) is 3.36. The van der Waals surface area contributed by atoms with Gasteiger partial charge in [-0.15, -0.1) is 0 Å². The number of rotatable bonds is 4. The van der Waals surface area contributed by atoms with Crippen molar-refractivity contribution in [2.75, 3.05) is 19.5 Å². The van der Waals surface area contributed by atoms with E-state index in [-0.39, 0.29) is 11.3 Å². The molecule has 5 nitrogen and oxygen atoms in total. The van der Waals surface area contributed by atoms with Crippen molar-refractivity contribution >= 4 is 22.4 Å². The Balaban J connectivity index is 2.12. The molecule has 2 aromatic carbocycles. The monoisotopic (exact) mass is 349 g/mol. The normalized spacial score (nSPS) is 11.4. The Hall–Kier alpha value is -3.03. The van der Waals surface area contributed by atoms with Gasteiger partial charge in [0.1, 0.15) is 17.3 Å². The van der Waals surface area contributed by atoms with Crippen molar-refractivity contribution in [3.8, 4) is 11.5 Å². The molecule has 0 bridgehead atoms. The number of fused-ring (bicyclic) bond motifs is 1. The van der Waals surface area contributed by atoms with Crippen molar-refractivity contribution in [1.29, 1.82) is 0 Å². The molecular formula is C17H14F3N3O2. The number of hydrogen-bond donors (Lipinski definition) is 1. The van der Waals surface area contributed by atoms with Crippen LogP contribution in [0.2, 0.25) is 0 Å². The summed E-state index contributed by atoms with van der Waals surface area (Å²) in [5.41, 5.74) is 0.653. The number of nitrogens with one attached hydrogen (secondary N) is 1. The van der Waals surface area contributed by atoms with Crippen LogP contribution in [-0.4, -0.2) is 24.2 Å². The van der Waals surface area contributed by atoms with E-state index < -0.39 is 12.0 Å². The molecular weight excluding hydrogens is 335 g/mol. The van der Waals surface area contributed by atoms with Gasteiger partial charge in [0.15, 0.2) is 0 Å². The first-order valence-electron chi connectivity index (χ1n) is 7.25. The third-order valence-corrected chi connectivity index (χ3v) is 3.52. The van der Waals surface area contributed by atoms with E-state index in [1.54, 1.807) is 36.4 Å². The van der Waals surface area contributed by atoms with E-state index in [1.165, 1.54) is 20.3 Å². The molecule has 0 saturated carbocycles. The molecule has 1 N–H and O–H groups in total. The molecule has 0 aliphatic carbocycles. The van der Waals surface area contributed by atoms with Crippen LogP contribution in [0.1, 0.15) is 5.82 Å². The summed E-state index contributed by atoms with van der Waals surface area (Å²) < 4.78 is 49.6. The van der Waals surface area contributed by atoms with Gasteiger partial charge < -0.3 is 14.8 Å². The smallest absolute Gasteiger partial charge is 0.451 e. The van der Waals surface area contributed by atoms with Crippen LogP contribution < -0.4 is 14.8 Å². The van der Waals surface area contributed by atoms with Crippen LogP contribution in [0.15, 0.2) is 42.5 Å². The molecule has 0 unspecified atom stereocenters. The molecule has 0 radical (unpaired) electrons. The number of ether oxygens (including phenoxy) is 2. The van der Waals surface area contributed by atoms with Crippen LogP contribution in [0.5, 0.6) is 11.5 Å². The van der Waals surface area contributed by atoms with Gasteiger partial charge in [0.05, 0.1) is 25.4 Å². The van der Waals surface area contributed by atoms with E-state index in [4.69, 9.17) is 9.47 Å². The lowest BCUT2D eigenvalue weighted by Gasteiger charge is -2.15. The number of alkyl halides is 3. The maximum Gasteiger partial charge on any atom is 0.451 e. The Labute approximate surface area is 141 Å². The topological polar surface area (TPSA) is 56.3 Å². The highest BCUT2D eigenvalue weighted by atomic mass is 19.4. The highest BCUT2D eigenvalue weighted by molar-refractivity contribution is 5.91. The summed E-state index contributed by atoms with van der Waals surface area (Å²) in [4.78, 5) is 7.24. The average Bonchev–Trinajstić information content (AvgIpc) is 2.61. The predicted molar refractivity (Wildman–Crippen MR) is 87.4 cm³/mol. The fraction of sp³-hybridized carbons (Fsp3) is 0.176. The Kier molecular flexibility index (Phi) is 4.35. The van der Waals surface area contributed by atoms with Crippen molar-refractivity contribution in [1.82, 2.24) is 9.97 Å². The minimum atomic E-state index is -4.65. The SMILES string of the molecule is COc1ccc(Nc2nc(C(F)(F)F)nc3ccccc23)c(OC)c1. The van der Waals surface area contributed by atoms with Gasteiger partial charge in [-0.3, -0.25) is 0 Å². The number of anilines is 2. The Morgan fingerprint density at radius 2 is 1.72 bits per heavy atom. The zero-order valence-electron chi connectivity index (χ0n) is 13.4. The second-order valence-electron chi connectivity index (χ2n) is 5.10. The molecule has 0 aliphatic heterocycles. The Morgan fingerprint density at radius 3 is 2.40 bits per heavy atom. The number of halogens is 3. The third kappa shape index (κ3) is 3.42. The Morgan fingerprint density at radius 1 is 0.960 bits per heavy atom. The van der Waals surface area contributed by atoms with Gasteiger partial charge in [-0.05, 0) is 24.3 Å². The van der Waals surface area contributed by atoms with Crippen molar-refractivity contribution in [2.24, 2.45) is 0 Å². The molecule has 3 aromatic rings. The lowest BCUT2D eigenvalue weighted by Crippen LogP contribution is -2.12. The molecule has 0 spiro atoms. The standard InChI is InChI=1S/C17H14F3N3O2/c1-24-10-7-8-13(14(9-10)25-2)21-15-11-5-3-4-6-12(11)22-16(23-15)17(18,19)20/h3-9H,1-2H3,(H,21,22,23). The number of nitrogens with zero attached hydrogens (tertiary/aromatic N) is 2. The number of para-hydroxylation sites is 1. The van der Waals surface area contributed by atoms with Gasteiger partial charge in [-0.1, -0.05) is 12.1 Å². The third-order valence-electron chi connectivity index (χ3n) is 3.52. The van der Waals surface area contributed by atoms with E-state index in [0.29, 0.717) is 22.6 Å². The van der Waals surface area contributed by atoms with E-state index in [2.05, 4.69) is 15.3 Å². The molecule has 3 rings (SSSR count). The summed E-state index contributed by atoms with van der Waals surface area (Å²) in [6, 6.07) is 11.4. The lowest BCUT2D eigenvalue weighted by molar-refractivity contribution is -0.144.